The van der Waals surface area contributed by atoms with Gasteiger partial charge in [-0.25, -0.2) is 9.78 Å². The zero-order chi connectivity index (χ0) is 30.7. The molecule has 0 bridgehead atoms. The molecule has 1 saturated heterocycles. The number of aliphatic hydroxyl groups is 1. The highest BCUT2D eigenvalue weighted by molar-refractivity contribution is 6.36. The summed E-state index contributed by atoms with van der Waals surface area (Å²) in [5.74, 6) is -0.255. The van der Waals surface area contributed by atoms with Gasteiger partial charge in [0.15, 0.2) is 0 Å². The molecule has 1 atom stereocenters. The molecule has 3 aliphatic rings. The second-order valence-electron chi connectivity index (χ2n) is 10.7. The van der Waals surface area contributed by atoms with Crippen LogP contribution in [0.15, 0.2) is 59.9 Å². The van der Waals surface area contributed by atoms with Crippen LogP contribution < -0.4 is 15.1 Å². The van der Waals surface area contributed by atoms with E-state index in [0.717, 1.165) is 30.2 Å². The largest absolute Gasteiger partial charge is 0.489 e. The number of carboxylic acid groups (broad SMARTS) is 1. The van der Waals surface area contributed by atoms with Crippen LogP contribution in [0.1, 0.15) is 46.1 Å². The van der Waals surface area contributed by atoms with Crippen LogP contribution in [-0.4, -0.2) is 40.9 Å². The maximum absolute atomic E-state index is 13.3. The normalized spacial score (nSPS) is 19.7. The Morgan fingerprint density at radius 2 is 1.79 bits per heavy atom. The predicted octanol–water partition coefficient (Wildman–Crippen LogP) is 6.79. The summed E-state index contributed by atoms with van der Waals surface area (Å²) in [4.78, 5) is 22.1. The molecule has 3 N–H and O–H groups in total. The molecule has 14 heteroatoms. The Morgan fingerprint density at radius 1 is 1.09 bits per heavy atom. The number of aromatic carboxylic acids is 1. The molecule has 6 rings (SSSR count). The van der Waals surface area contributed by atoms with Crippen molar-refractivity contribution in [3.05, 3.63) is 97.3 Å². The van der Waals surface area contributed by atoms with Crippen LogP contribution in [0.2, 0.25) is 15.1 Å². The lowest BCUT2D eigenvalue weighted by Gasteiger charge is -2.47. The molecule has 3 heterocycles. The number of halogens is 6. The molecule has 1 saturated carbocycles. The zero-order valence-electron chi connectivity index (χ0n) is 22.1. The van der Waals surface area contributed by atoms with Crippen LogP contribution in [0, 0.1) is 5.92 Å². The van der Waals surface area contributed by atoms with Gasteiger partial charge in [-0.2, -0.15) is 13.2 Å². The third-order valence-corrected chi connectivity index (χ3v) is 8.57. The van der Waals surface area contributed by atoms with Crippen molar-refractivity contribution in [3.8, 4) is 5.75 Å². The van der Waals surface area contributed by atoms with Crippen LogP contribution in [0.5, 0.6) is 5.75 Å². The summed E-state index contributed by atoms with van der Waals surface area (Å²) in [5, 5.41) is 21.6. The van der Waals surface area contributed by atoms with Gasteiger partial charge in [-0.15, -0.1) is 5.48 Å². The Balaban J connectivity index is 1.18. The lowest BCUT2D eigenvalue weighted by molar-refractivity contribution is -0.141. The van der Waals surface area contributed by atoms with Crippen molar-refractivity contribution in [3.63, 3.8) is 0 Å². The Labute approximate surface area is 258 Å². The molecular weight excluding hydrogens is 634 g/mol. The zero-order valence-corrected chi connectivity index (χ0v) is 24.4. The molecule has 1 unspecified atom stereocenters. The van der Waals surface area contributed by atoms with Gasteiger partial charge in [0, 0.05) is 32.7 Å². The SMILES string of the molecule is O=C(O)c1cc(N2CC(O)(c3ccc(OCC4=C(C5CC5)ONC4c4c(Cl)cccc4Cl)cc3Cl)C2)nc(C(F)(F)F)c1. The molecule has 2 fully saturated rings. The standard InChI is InChI=1S/C29H23Cl3F3N3O5/c30-19-2-1-3-20(31)24(19)25-17(26(43-37-25)14-4-5-14)11-42-16-6-7-18(21(32)10-16)28(41)12-38(13-28)23-9-15(27(39)40)8-22(36-23)29(33,34)35/h1-3,6-10,14,25,37,41H,4-5,11-13H2,(H,39,40). The number of carboxylic acids is 1. The van der Waals surface area contributed by atoms with Gasteiger partial charge in [0.1, 0.15) is 35.2 Å². The average molecular weight is 657 g/mol. The summed E-state index contributed by atoms with van der Waals surface area (Å²) in [6.07, 6.45) is -2.85. The number of nitrogens with zero attached hydrogens (tertiary/aromatic N) is 2. The number of benzene rings is 2. The number of pyridine rings is 1. The third kappa shape index (κ3) is 5.84. The van der Waals surface area contributed by atoms with Gasteiger partial charge in [-0.1, -0.05) is 46.9 Å². The maximum atomic E-state index is 13.3. The Bertz CT molecular complexity index is 1620. The fourth-order valence-electron chi connectivity index (χ4n) is 5.25. The predicted molar refractivity (Wildman–Crippen MR) is 152 cm³/mol. The number of anilines is 1. The van der Waals surface area contributed by atoms with E-state index in [-0.39, 0.29) is 36.5 Å². The smallest absolute Gasteiger partial charge is 0.433 e. The number of hydrogen-bond donors (Lipinski definition) is 3. The van der Waals surface area contributed by atoms with Crippen LogP contribution in [0.4, 0.5) is 19.0 Å². The second kappa shape index (κ2) is 11.0. The van der Waals surface area contributed by atoms with Crippen molar-refractivity contribution in [2.24, 2.45) is 5.92 Å². The third-order valence-electron chi connectivity index (χ3n) is 7.60. The number of alkyl halides is 3. The van der Waals surface area contributed by atoms with E-state index in [4.69, 9.17) is 44.4 Å². The first-order chi connectivity index (χ1) is 20.3. The summed E-state index contributed by atoms with van der Waals surface area (Å²) >= 11 is 19.5. The summed E-state index contributed by atoms with van der Waals surface area (Å²) in [6.45, 7) is -0.158. The molecule has 8 nitrogen and oxygen atoms in total. The Hall–Kier alpha value is -3.22. The molecule has 3 aromatic rings. The average Bonchev–Trinajstić information content (AvgIpc) is 3.69. The molecule has 1 aliphatic carbocycles. The van der Waals surface area contributed by atoms with E-state index < -0.39 is 35.0 Å². The molecule has 0 radical (unpaired) electrons. The lowest BCUT2D eigenvalue weighted by Crippen LogP contribution is -2.60. The molecule has 226 valence electrons. The Morgan fingerprint density at radius 3 is 2.40 bits per heavy atom. The van der Waals surface area contributed by atoms with Gasteiger partial charge in [0.25, 0.3) is 0 Å². The van der Waals surface area contributed by atoms with Crippen LogP contribution in [0.3, 0.4) is 0 Å². The van der Waals surface area contributed by atoms with Gasteiger partial charge in [-0.3, -0.25) is 0 Å². The van der Waals surface area contributed by atoms with E-state index in [2.05, 4.69) is 10.5 Å². The van der Waals surface area contributed by atoms with Gasteiger partial charge in [-0.05, 0) is 49.2 Å². The second-order valence-corrected chi connectivity index (χ2v) is 11.9. The number of aromatic nitrogens is 1. The van der Waals surface area contributed by atoms with Crippen LogP contribution in [0.25, 0.3) is 0 Å². The van der Waals surface area contributed by atoms with Crippen molar-refractivity contribution < 1.29 is 37.8 Å². The number of rotatable bonds is 8. The van der Waals surface area contributed by atoms with E-state index in [1.807, 2.05) is 0 Å². The first kappa shape index (κ1) is 29.8. The monoisotopic (exact) mass is 655 g/mol. The van der Waals surface area contributed by atoms with Crippen molar-refractivity contribution >= 4 is 46.6 Å². The Kier molecular flexibility index (Phi) is 7.67. The molecule has 1 aromatic heterocycles. The topological polar surface area (TPSA) is 104 Å². The number of carbonyl (C=O) groups is 1. The van der Waals surface area contributed by atoms with E-state index in [0.29, 0.717) is 33.0 Å². The quantitative estimate of drug-likeness (QED) is 0.244. The molecule has 2 aromatic carbocycles. The highest BCUT2D eigenvalue weighted by Crippen LogP contribution is 2.47. The minimum Gasteiger partial charge on any atom is -0.489 e. The molecule has 0 spiro atoms. The van der Waals surface area contributed by atoms with E-state index >= 15 is 0 Å². The number of hydrogen-bond acceptors (Lipinski definition) is 7. The highest BCUT2D eigenvalue weighted by Gasteiger charge is 2.46. The minimum atomic E-state index is -4.84. The number of β-amino-alcohol motifs (C(OH)–C–C–N with tert-alkyl or cyclic N) is 1. The summed E-state index contributed by atoms with van der Waals surface area (Å²) < 4.78 is 46.0. The molecule has 2 aliphatic heterocycles. The molecular formula is C29H23Cl3F3N3O5. The van der Waals surface area contributed by atoms with Crippen LogP contribution in [-0.2, 0) is 16.6 Å². The van der Waals surface area contributed by atoms with Gasteiger partial charge < -0.3 is 24.7 Å². The maximum Gasteiger partial charge on any atom is 0.433 e. The summed E-state index contributed by atoms with van der Waals surface area (Å²) in [6, 6.07) is 11.1. The van der Waals surface area contributed by atoms with Gasteiger partial charge in [0.05, 0.1) is 29.7 Å². The van der Waals surface area contributed by atoms with Crippen molar-refractivity contribution in [2.45, 2.75) is 30.7 Å². The van der Waals surface area contributed by atoms with Crippen LogP contribution >= 0.6 is 34.8 Å². The number of nitrogens with one attached hydrogen (secondary N) is 1. The summed E-state index contributed by atoms with van der Waals surface area (Å²) in [5.41, 5.74) is 1.48. The molecule has 0 amide bonds. The van der Waals surface area contributed by atoms with E-state index in [1.165, 1.54) is 4.90 Å². The van der Waals surface area contributed by atoms with E-state index in [9.17, 15) is 28.2 Å². The summed E-state index contributed by atoms with van der Waals surface area (Å²) in [7, 11) is 0. The van der Waals surface area contributed by atoms with Gasteiger partial charge >= 0.3 is 12.1 Å². The van der Waals surface area contributed by atoms with E-state index in [1.54, 1.807) is 36.4 Å². The van der Waals surface area contributed by atoms with Gasteiger partial charge in [0.2, 0.25) is 0 Å². The first-order valence-corrected chi connectivity index (χ1v) is 14.3. The number of ether oxygens (including phenoxy) is 1. The minimum absolute atomic E-state index is 0.145. The molecule has 43 heavy (non-hydrogen) atoms. The van der Waals surface area contributed by atoms with Crippen molar-refractivity contribution in [1.29, 1.82) is 0 Å². The van der Waals surface area contributed by atoms with Crippen molar-refractivity contribution in [1.82, 2.24) is 10.5 Å². The van der Waals surface area contributed by atoms with Crippen molar-refractivity contribution in [2.75, 3.05) is 24.6 Å². The fraction of sp³-hybridized carbons (Fsp3) is 0.310. The first-order valence-electron chi connectivity index (χ1n) is 13.2. The number of allylic oxidation sites excluding steroid dienone is 1. The number of hydroxylamine groups is 1. The lowest BCUT2D eigenvalue weighted by atomic mass is 9.86. The fourth-order valence-corrected chi connectivity index (χ4v) is 6.22. The highest BCUT2D eigenvalue weighted by atomic mass is 35.5.